The minimum absolute atomic E-state index is 0.0776. The number of nitrogens with zero attached hydrogens (tertiary/aromatic N) is 6. The monoisotopic (exact) mass is 642 g/mol. The molecule has 0 bridgehead atoms. The predicted octanol–water partition coefficient (Wildman–Crippen LogP) is 3.10. The van der Waals surface area contributed by atoms with Crippen molar-refractivity contribution in [3.8, 4) is 11.8 Å². The molecule has 0 spiro atoms. The molecule has 0 unspecified atom stereocenters. The Balaban J connectivity index is 1.30. The summed E-state index contributed by atoms with van der Waals surface area (Å²) in [5.41, 5.74) is 8.95. The first-order valence-electron chi connectivity index (χ1n) is 14.6. The molecule has 0 saturated carbocycles. The number of amides is 4. The molecule has 0 aliphatic carbocycles. The van der Waals surface area contributed by atoms with Crippen molar-refractivity contribution < 1.29 is 23.5 Å². The summed E-state index contributed by atoms with van der Waals surface area (Å²) in [6.07, 6.45) is -0.600. The van der Waals surface area contributed by atoms with Gasteiger partial charge in [-0.05, 0) is 47.0 Å². The van der Waals surface area contributed by atoms with E-state index in [1.165, 1.54) is 33.4 Å². The normalized spacial score (nSPS) is 18.0. The molecule has 2 aliphatic heterocycles. The van der Waals surface area contributed by atoms with Gasteiger partial charge in [0.15, 0.2) is 5.13 Å². The molecule has 236 valence electrons. The van der Waals surface area contributed by atoms with Gasteiger partial charge in [-0.25, -0.2) is 19.2 Å². The summed E-state index contributed by atoms with van der Waals surface area (Å²) < 4.78 is 19.8. The topological polar surface area (TPSA) is 148 Å². The van der Waals surface area contributed by atoms with Crippen LogP contribution >= 0.6 is 11.3 Å². The largest absolute Gasteiger partial charge is 0.497 e. The van der Waals surface area contributed by atoms with Crippen LogP contribution in [0.25, 0.3) is 10.2 Å². The van der Waals surface area contributed by atoms with Gasteiger partial charge in [-0.3, -0.25) is 9.59 Å². The fourth-order valence-electron chi connectivity index (χ4n) is 5.95. The lowest BCUT2D eigenvalue weighted by atomic mass is 10.00. The Bertz CT molecular complexity index is 1810. The highest BCUT2D eigenvalue weighted by Gasteiger charge is 2.52. The summed E-state index contributed by atoms with van der Waals surface area (Å²) in [5.74, 6) is -0.375. The minimum Gasteiger partial charge on any atom is -0.497 e. The number of hydrogen-bond donors (Lipinski definition) is 2. The number of nitrogens with two attached hydrogens (primary N) is 1. The summed E-state index contributed by atoms with van der Waals surface area (Å²) in [7, 11) is 1.57. The van der Waals surface area contributed by atoms with Crippen LogP contribution in [0.4, 0.5) is 14.3 Å². The lowest BCUT2D eigenvalue weighted by molar-refractivity contribution is -0.157. The molecule has 46 heavy (non-hydrogen) atoms. The molecule has 3 heterocycles. The van der Waals surface area contributed by atoms with E-state index in [2.05, 4.69) is 10.3 Å². The number of fused-ring (bicyclic) bond motifs is 2. The summed E-state index contributed by atoms with van der Waals surface area (Å²) in [5, 5.41) is 15.7. The maximum Gasteiger partial charge on any atom is 0.333 e. The molecule has 4 aromatic rings. The number of carbonyl (C=O) groups is 3. The van der Waals surface area contributed by atoms with E-state index in [-0.39, 0.29) is 51.0 Å². The summed E-state index contributed by atoms with van der Waals surface area (Å²) in [6, 6.07) is 19.2. The number of ether oxygens (including phenoxy) is 1. The average molecular weight is 643 g/mol. The second-order valence-electron chi connectivity index (χ2n) is 11.0. The Labute approximate surface area is 268 Å². The number of hydrazine groups is 1. The highest BCUT2D eigenvalue weighted by molar-refractivity contribution is 7.22. The summed E-state index contributed by atoms with van der Waals surface area (Å²) in [4.78, 5) is 48.8. The zero-order valence-corrected chi connectivity index (χ0v) is 25.7. The second-order valence-corrected chi connectivity index (χ2v) is 12.0. The SMILES string of the molecule is COc1ccc(CNC(=O)N(CC#N)N2CC(=O)N3[C@@H](Cc4ccc(F)cc4)C(=O)N(Cc4cccc5sc(N)nc45)C[C@@H]32)cc1. The van der Waals surface area contributed by atoms with E-state index < -0.39 is 24.1 Å². The van der Waals surface area contributed by atoms with Gasteiger partial charge >= 0.3 is 6.03 Å². The Hall–Kier alpha value is -5.26. The zero-order chi connectivity index (χ0) is 32.4. The Morgan fingerprint density at radius 2 is 1.89 bits per heavy atom. The number of halogens is 1. The van der Waals surface area contributed by atoms with Gasteiger partial charge in [-0.2, -0.15) is 10.3 Å². The number of piperazine rings is 1. The standard InChI is InChI=1S/C32H31FN8O4S/c1-45-24-11-7-21(8-12-24)16-36-32(44)39(14-13-34)40-19-28(42)41-25(15-20-5-9-23(33)10-6-20)30(43)38(18-27(40)41)17-22-3-2-4-26-29(22)37-31(35)46-26/h2-12,25,27H,14-19H2,1H3,(H2,35,37)(H,36,44)/t25-,27+/m0/s1. The molecular weight excluding hydrogens is 611 g/mol. The molecule has 2 saturated heterocycles. The fraction of sp³-hybridized carbons (Fsp3) is 0.281. The van der Waals surface area contributed by atoms with Gasteiger partial charge in [0, 0.05) is 19.5 Å². The molecule has 0 radical (unpaired) electrons. The highest BCUT2D eigenvalue weighted by Crippen LogP contribution is 2.32. The lowest BCUT2D eigenvalue weighted by Gasteiger charge is -2.46. The summed E-state index contributed by atoms with van der Waals surface area (Å²) >= 11 is 1.35. The number of methoxy groups -OCH3 is 1. The van der Waals surface area contributed by atoms with E-state index in [0.717, 1.165) is 15.8 Å². The Kier molecular flexibility index (Phi) is 8.69. The van der Waals surface area contributed by atoms with E-state index in [4.69, 9.17) is 10.5 Å². The maximum absolute atomic E-state index is 14.1. The van der Waals surface area contributed by atoms with Crippen molar-refractivity contribution in [3.63, 3.8) is 0 Å². The number of urea groups is 1. The zero-order valence-electron chi connectivity index (χ0n) is 24.9. The van der Waals surface area contributed by atoms with Crippen molar-refractivity contribution in [2.45, 2.75) is 31.7 Å². The number of rotatable bonds is 9. The molecule has 12 nitrogen and oxygen atoms in total. The molecule has 14 heteroatoms. The van der Waals surface area contributed by atoms with Crippen LogP contribution in [0, 0.1) is 17.1 Å². The van der Waals surface area contributed by atoms with E-state index in [0.29, 0.717) is 22.0 Å². The lowest BCUT2D eigenvalue weighted by Crippen LogP contribution is -2.66. The molecular formula is C32H31FN8O4S. The predicted molar refractivity (Wildman–Crippen MR) is 168 cm³/mol. The van der Waals surface area contributed by atoms with Gasteiger partial charge < -0.3 is 25.6 Å². The molecule has 3 N–H and O–H groups in total. The smallest absolute Gasteiger partial charge is 0.333 e. The molecule has 6 rings (SSSR count). The van der Waals surface area contributed by atoms with Crippen molar-refractivity contribution in [1.29, 1.82) is 5.26 Å². The number of nitrogens with one attached hydrogen (secondary N) is 1. The second kappa shape index (κ2) is 13.0. The van der Waals surface area contributed by atoms with E-state index in [9.17, 15) is 24.0 Å². The van der Waals surface area contributed by atoms with Crippen LogP contribution in [0.5, 0.6) is 5.75 Å². The number of carbonyl (C=O) groups excluding carboxylic acids is 3. The molecule has 2 atom stereocenters. The number of nitriles is 1. The van der Waals surface area contributed by atoms with Crippen LogP contribution in [0.3, 0.4) is 0 Å². The summed E-state index contributed by atoms with van der Waals surface area (Å²) in [6.45, 7) is -0.0805. The quantitative estimate of drug-likeness (QED) is 0.265. The van der Waals surface area contributed by atoms with Gasteiger partial charge in [-0.1, -0.05) is 47.7 Å². The third-order valence-electron chi connectivity index (χ3n) is 8.16. The number of para-hydroxylation sites is 1. The van der Waals surface area contributed by atoms with Crippen LogP contribution in [0.1, 0.15) is 16.7 Å². The number of aromatic nitrogens is 1. The van der Waals surface area contributed by atoms with Crippen molar-refractivity contribution >= 4 is 44.5 Å². The number of hydrogen-bond acceptors (Lipinski definition) is 9. The Morgan fingerprint density at radius 1 is 1.15 bits per heavy atom. The molecule has 2 fully saturated rings. The number of benzene rings is 3. The number of anilines is 1. The van der Waals surface area contributed by atoms with Crippen LogP contribution in [-0.2, 0) is 29.1 Å². The first-order valence-corrected chi connectivity index (χ1v) is 15.4. The minimum atomic E-state index is -0.923. The number of nitrogen functional groups attached to an aromatic ring is 1. The Morgan fingerprint density at radius 3 is 2.61 bits per heavy atom. The van der Waals surface area contributed by atoms with Crippen molar-refractivity contribution in [2.75, 3.05) is 32.5 Å². The van der Waals surface area contributed by atoms with Crippen LogP contribution in [-0.4, -0.2) is 81.6 Å². The van der Waals surface area contributed by atoms with Crippen molar-refractivity contribution in [3.05, 3.63) is 89.2 Å². The van der Waals surface area contributed by atoms with Gasteiger partial charge in [0.25, 0.3) is 0 Å². The third-order valence-corrected chi connectivity index (χ3v) is 9.01. The molecule has 3 aromatic carbocycles. The number of thiazole rings is 1. The first-order chi connectivity index (χ1) is 22.2. The molecule has 4 amide bonds. The van der Waals surface area contributed by atoms with Gasteiger partial charge in [-0.15, -0.1) is 0 Å². The van der Waals surface area contributed by atoms with Gasteiger partial charge in [0.1, 0.15) is 30.3 Å². The van der Waals surface area contributed by atoms with Crippen molar-refractivity contribution in [2.24, 2.45) is 0 Å². The van der Waals surface area contributed by atoms with E-state index in [1.807, 2.05) is 36.4 Å². The van der Waals surface area contributed by atoms with Crippen molar-refractivity contribution in [1.82, 2.24) is 30.1 Å². The molecule has 1 aromatic heterocycles. The fourth-order valence-corrected chi connectivity index (χ4v) is 6.73. The average Bonchev–Trinajstić information content (AvgIpc) is 3.60. The first kappa shape index (κ1) is 30.8. The highest BCUT2D eigenvalue weighted by atomic mass is 32.1. The third kappa shape index (κ3) is 6.15. The van der Waals surface area contributed by atoms with Gasteiger partial charge in [0.05, 0.1) is 36.5 Å². The van der Waals surface area contributed by atoms with Crippen LogP contribution in [0.15, 0.2) is 66.7 Å². The van der Waals surface area contributed by atoms with Crippen LogP contribution in [0.2, 0.25) is 0 Å². The van der Waals surface area contributed by atoms with Gasteiger partial charge in [0.2, 0.25) is 11.8 Å². The van der Waals surface area contributed by atoms with E-state index >= 15 is 0 Å². The van der Waals surface area contributed by atoms with E-state index in [1.54, 1.807) is 41.3 Å². The maximum atomic E-state index is 14.1. The molecule has 2 aliphatic rings. The van der Waals surface area contributed by atoms with Crippen LogP contribution < -0.4 is 15.8 Å².